The van der Waals surface area contributed by atoms with Gasteiger partial charge in [-0.1, -0.05) is 51.4 Å². The maximum atomic E-state index is 5.62. The van der Waals surface area contributed by atoms with Crippen molar-refractivity contribution in [3.63, 3.8) is 0 Å². The summed E-state index contributed by atoms with van der Waals surface area (Å²) in [6.45, 7) is 3.76. The summed E-state index contributed by atoms with van der Waals surface area (Å²) in [6, 6.07) is 0. The van der Waals surface area contributed by atoms with Crippen molar-refractivity contribution in [3.8, 4) is 0 Å². The molecule has 1 fully saturated rings. The molecule has 0 aromatic rings. The van der Waals surface area contributed by atoms with E-state index in [1.54, 1.807) is 0 Å². The van der Waals surface area contributed by atoms with E-state index >= 15 is 0 Å². The lowest BCUT2D eigenvalue weighted by molar-refractivity contribution is 0.0989. The van der Waals surface area contributed by atoms with E-state index in [9.17, 15) is 0 Å². The molecule has 2 nitrogen and oxygen atoms in total. The van der Waals surface area contributed by atoms with Crippen LogP contribution in [0.3, 0.4) is 0 Å². The molecule has 1 aliphatic rings. The second kappa shape index (κ2) is 13.4. The largest absolute Gasteiger partial charge is 0.381 e. The van der Waals surface area contributed by atoms with Gasteiger partial charge in [0.25, 0.3) is 0 Å². The summed E-state index contributed by atoms with van der Waals surface area (Å²) >= 11 is 0. The molecule has 0 aromatic heterocycles. The van der Waals surface area contributed by atoms with Gasteiger partial charge in [0, 0.05) is 26.4 Å². The van der Waals surface area contributed by atoms with E-state index in [1.807, 2.05) is 0 Å². The quantitative estimate of drug-likeness (QED) is 0.624. The minimum absolute atomic E-state index is 0.920. The van der Waals surface area contributed by atoms with Crippen LogP contribution in [0.1, 0.15) is 77.0 Å². The summed E-state index contributed by atoms with van der Waals surface area (Å²) < 4.78 is 11.2. The van der Waals surface area contributed by atoms with E-state index in [1.165, 1.54) is 64.2 Å². The Hall–Kier alpha value is -0.0800. The second-order valence-electron chi connectivity index (χ2n) is 5.47. The zero-order valence-electron chi connectivity index (χ0n) is 12.1. The SMILES string of the molecule is C1CCCCCCOCCCCOCCCCC1. The highest BCUT2D eigenvalue weighted by Crippen LogP contribution is 2.11. The fourth-order valence-electron chi connectivity index (χ4n) is 2.43. The van der Waals surface area contributed by atoms with Crippen LogP contribution in [0.15, 0.2) is 0 Å². The lowest BCUT2D eigenvalue weighted by Gasteiger charge is -2.07. The van der Waals surface area contributed by atoms with Gasteiger partial charge in [-0.3, -0.25) is 0 Å². The third-order valence-electron chi connectivity index (χ3n) is 3.65. The topological polar surface area (TPSA) is 18.5 Å². The van der Waals surface area contributed by atoms with Crippen LogP contribution in [0, 0.1) is 0 Å². The van der Waals surface area contributed by atoms with Gasteiger partial charge in [0.1, 0.15) is 0 Å². The van der Waals surface area contributed by atoms with Crippen molar-refractivity contribution in [3.05, 3.63) is 0 Å². The first kappa shape index (κ1) is 16.0. The van der Waals surface area contributed by atoms with Gasteiger partial charge in [-0.05, 0) is 25.7 Å². The summed E-state index contributed by atoms with van der Waals surface area (Å²) in [5, 5.41) is 0. The minimum atomic E-state index is 0.920. The van der Waals surface area contributed by atoms with Crippen LogP contribution in [0.25, 0.3) is 0 Å². The Morgan fingerprint density at radius 2 is 0.500 bits per heavy atom. The van der Waals surface area contributed by atoms with Crippen LogP contribution in [0.5, 0.6) is 0 Å². The smallest absolute Gasteiger partial charge is 0.0466 e. The van der Waals surface area contributed by atoms with E-state index in [2.05, 4.69) is 0 Å². The van der Waals surface area contributed by atoms with Gasteiger partial charge >= 0.3 is 0 Å². The van der Waals surface area contributed by atoms with Crippen LogP contribution in [0.2, 0.25) is 0 Å². The third kappa shape index (κ3) is 11.0. The molecule has 0 amide bonds. The highest BCUT2D eigenvalue weighted by molar-refractivity contribution is 4.49. The number of ether oxygens (including phenoxy) is 2. The highest BCUT2D eigenvalue weighted by Gasteiger charge is 1.96. The fraction of sp³-hybridized carbons (Fsp3) is 1.00. The number of hydrogen-bond donors (Lipinski definition) is 0. The number of rotatable bonds is 0. The first-order chi connectivity index (χ1) is 9.00. The summed E-state index contributed by atoms with van der Waals surface area (Å²) in [5.74, 6) is 0. The molecule has 1 saturated heterocycles. The monoisotopic (exact) mass is 256 g/mol. The van der Waals surface area contributed by atoms with Gasteiger partial charge in [-0.15, -0.1) is 0 Å². The molecule has 0 N–H and O–H groups in total. The average Bonchev–Trinajstić information content (AvgIpc) is 2.39. The summed E-state index contributed by atoms with van der Waals surface area (Å²) in [5.41, 5.74) is 0. The van der Waals surface area contributed by atoms with Crippen molar-refractivity contribution in [1.29, 1.82) is 0 Å². The maximum Gasteiger partial charge on any atom is 0.0466 e. The van der Waals surface area contributed by atoms with Gasteiger partial charge in [-0.2, -0.15) is 0 Å². The average molecular weight is 256 g/mol. The van der Waals surface area contributed by atoms with Crippen molar-refractivity contribution >= 4 is 0 Å². The van der Waals surface area contributed by atoms with Gasteiger partial charge in [-0.25, -0.2) is 0 Å². The van der Waals surface area contributed by atoms with Crippen molar-refractivity contribution in [2.75, 3.05) is 26.4 Å². The Morgan fingerprint density at radius 3 is 0.833 bits per heavy atom. The molecule has 0 spiro atoms. The molecule has 0 saturated carbocycles. The van der Waals surface area contributed by atoms with Crippen molar-refractivity contribution in [1.82, 2.24) is 0 Å². The molecule has 0 atom stereocenters. The molecule has 1 aliphatic heterocycles. The van der Waals surface area contributed by atoms with E-state index in [0.717, 1.165) is 39.3 Å². The molecule has 18 heavy (non-hydrogen) atoms. The van der Waals surface area contributed by atoms with Crippen LogP contribution in [-0.2, 0) is 9.47 Å². The minimum Gasteiger partial charge on any atom is -0.381 e. The predicted octanol–water partition coefficient (Wildman–Crippen LogP) is 4.71. The van der Waals surface area contributed by atoms with E-state index in [-0.39, 0.29) is 0 Å². The van der Waals surface area contributed by atoms with E-state index in [0.29, 0.717) is 0 Å². The summed E-state index contributed by atoms with van der Waals surface area (Å²) in [7, 11) is 0. The fourth-order valence-corrected chi connectivity index (χ4v) is 2.43. The molecule has 0 aromatic carbocycles. The van der Waals surface area contributed by atoms with Gasteiger partial charge < -0.3 is 9.47 Å². The van der Waals surface area contributed by atoms with E-state index in [4.69, 9.17) is 9.47 Å². The first-order valence-corrected chi connectivity index (χ1v) is 8.15. The van der Waals surface area contributed by atoms with Crippen LogP contribution >= 0.6 is 0 Å². The second-order valence-corrected chi connectivity index (χ2v) is 5.47. The molecule has 0 bridgehead atoms. The van der Waals surface area contributed by atoms with Crippen molar-refractivity contribution < 1.29 is 9.47 Å². The van der Waals surface area contributed by atoms with Crippen molar-refractivity contribution in [2.45, 2.75) is 77.0 Å². The third-order valence-corrected chi connectivity index (χ3v) is 3.65. The first-order valence-electron chi connectivity index (χ1n) is 8.15. The molecule has 1 heterocycles. The molecule has 1 rings (SSSR count). The molecular weight excluding hydrogens is 224 g/mol. The van der Waals surface area contributed by atoms with Crippen molar-refractivity contribution in [2.24, 2.45) is 0 Å². The lowest BCUT2D eigenvalue weighted by Crippen LogP contribution is -2.01. The van der Waals surface area contributed by atoms with Crippen LogP contribution in [-0.4, -0.2) is 26.4 Å². The molecule has 108 valence electrons. The molecule has 2 heteroatoms. The normalized spacial score (nSPS) is 24.0. The Kier molecular flexibility index (Phi) is 11.9. The number of hydrogen-bond acceptors (Lipinski definition) is 2. The van der Waals surface area contributed by atoms with Gasteiger partial charge in [0.05, 0.1) is 0 Å². The molecular formula is C16H32O2. The lowest BCUT2D eigenvalue weighted by atomic mass is 10.1. The van der Waals surface area contributed by atoms with Crippen LogP contribution < -0.4 is 0 Å². The Balaban J connectivity index is 2.00. The van der Waals surface area contributed by atoms with Gasteiger partial charge in [0.15, 0.2) is 0 Å². The Labute approximate surface area is 113 Å². The Morgan fingerprint density at radius 1 is 0.278 bits per heavy atom. The zero-order valence-corrected chi connectivity index (χ0v) is 12.1. The summed E-state index contributed by atoms with van der Waals surface area (Å²) in [4.78, 5) is 0. The highest BCUT2D eigenvalue weighted by atomic mass is 16.5. The molecule has 0 aliphatic carbocycles. The molecule has 0 radical (unpaired) electrons. The van der Waals surface area contributed by atoms with E-state index < -0.39 is 0 Å². The summed E-state index contributed by atoms with van der Waals surface area (Å²) in [6.07, 6.45) is 16.0. The van der Waals surface area contributed by atoms with Gasteiger partial charge in [0.2, 0.25) is 0 Å². The Bertz CT molecular complexity index is 84.1. The molecule has 0 unspecified atom stereocenters. The maximum absolute atomic E-state index is 5.62. The zero-order chi connectivity index (χ0) is 12.7. The standard InChI is InChI=1S/C16H32O2/c1-2-4-6-8-10-14-18-16-12-11-15-17-13-9-7-5-3-1/h1-16H2. The predicted molar refractivity (Wildman–Crippen MR) is 77.0 cm³/mol. The van der Waals surface area contributed by atoms with Crippen LogP contribution in [0.4, 0.5) is 0 Å².